The van der Waals surface area contributed by atoms with E-state index in [0.29, 0.717) is 0 Å². The van der Waals surface area contributed by atoms with Crippen molar-refractivity contribution in [2.45, 2.75) is 13.6 Å². The van der Waals surface area contributed by atoms with Gasteiger partial charge in [0.2, 0.25) is 0 Å². The number of halogens is 18. The van der Waals surface area contributed by atoms with Crippen molar-refractivity contribution >= 4 is 45.1 Å². The normalized spacial score (nSPS) is 19.0. The SMILES string of the molecule is C[B-]1(c2c(F)c(F)c(F)c(F)c2F)c2c(F)c(F)c(F)c(F)c2[B-](C)(c2c(F)c(F)c(F)c(F)c2F)c2c(F)c(F)c(F)c(F)c21. The smallest absolute Gasteiger partial charge is 0.200 e. The molecule has 4 aromatic carbocycles. The van der Waals surface area contributed by atoms with Crippen molar-refractivity contribution in [3.05, 3.63) is 105 Å². The maximum absolute atomic E-state index is 15.8. The predicted octanol–water partition coefficient (Wildman–Crippen LogP) is 4.70. The largest absolute Gasteiger partial charge is 0.207 e. The van der Waals surface area contributed by atoms with Crippen LogP contribution < -0.4 is 32.8 Å². The molecule has 0 nitrogen and oxygen atoms in total. The Morgan fingerprint density at radius 1 is 0.196 bits per heavy atom. The van der Waals surface area contributed by atoms with Crippen molar-refractivity contribution in [3.63, 3.8) is 0 Å². The molecule has 0 fully saturated rings. The minimum absolute atomic E-state index is 0.0517. The monoisotopic (exact) mass is 682 g/mol. The van der Waals surface area contributed by atoms with Gasteiger partial charge in [-0.05, 0) is 0 Å². The van der Waals surface area contributed by atoms with E-state index in [1.165, 1.54) is 0 Å². The zero-order chi connectivity index (χ0) is 34.9. The van der Waals surface area contributed by atoms with E-state index in [2.05, 4.69) is 0 Å². The fourth-order valence-electron chi connectivity index (χ4n) is 6.71. The van der Waals surface area contributed by atoms with Crippen LogP contribution >= 0.6 is 0 Å². The molecule has 0 saturated heterocycles. The highest BCUT2D eigenvalue weighted by atomic mass is 19.2. The molecule has 5 rings (SSSR count). The van der Waals surface area contributed by atoms with Crippen LogP contribution in [-0.4, -0.2) is 12.3 Å². The molecule has 0 bridgehead atoms. The minimum Gasteiger partial charge on any atom is -0.207 e. The van der Waals surface area contributed by atoms with Crippen LogP contribution in [0.25, 0.3) is 0 Å². The van der Waals surface area contributed by atoms with Crippen molar-refractivity contribution in [2.75, 3.05) is 0 Å². The van der Waals surface area contributed by atoms with Crippen LogP contribution in [0.5, 0.6) is 0 Å². The number of hydrogen-bond donors (Lipinski definition) is 0. The lowest BCUT2D eigenvalue weighted by Crippen LogP contribution is -2.89. The van der Waals surface area contributed by atoms with Crippen LogP contribution in [0.4, 0.5) is 79.0 Å². The van der Waals surface area contributed by atoms with Gasteiger partial charge in [-0.2, -0.15) is 35.5 Å². The third-order valence-corrected chi connectivity index (χ3v) is 8.63. The summed E-state index contributed by atoms with van der Waals surface area (Å²) >= 11 is 0. The maximum atomic E-state index is 15.8. The van der Waals surface area contributed by atoms with Crippen molar-refractivity contribution < 1.29 is 79.0 Å². The Morgan fingerprint density at radius 3 is 0.457 bits per heavy atom. The van der Waals surface area contributed by atoms with Crippen molar-refractivity contribution in [1.82, 2.24) is 0 Å². The van der Waals surface area contributed by atoms with E-state index < -0.39 is 150 Å². The lowest BCUT2D eigenvalue weighted by atomic mass is 9.03. The van der Waals surface area contributed by atoms with Crippen LogP contribution in [0.3, 0.4) is 0 Å². The molecule has 0 amide bonds. The molecule has 0 aromatic heterocycles. The summed E-state index contributed by atoms with van der Waals surface area (Å²) in [5, 5.41) is 0. The summed E-state index contributed by atoms with van der Waals surface area (Å²) in [7, 11) is 0. The second-order valence-corrected chi connectivity index (χ2v) is 10.7. The summed E-state index contributed by atoms with van der Waals surface area (Å²) in [6.07, 6.45) is -10.5. The van der Waals surface area contributed by atoms with Crippen LogP contribution in [0, 0.1) is 105 Å². The average molecular weight is 682 g/mol. The van der Waals surface area contributed by atoms with E-state index in [9.17, 15) is 43.9 Å². The molecular formula is C26H6B2F18-2. The van der Waals surface area contributed by atoms with Crippen LogP contribution in [-0.2, 0) is 0 Å². The highest BCUT2D eigenvalue weighted by molar-refractivity contribution is 7.25. The van der Waals surface area contributed by atoms with Crippen molar-refractivity contribution in [1.29, 1.82) is 0 Å². The summed E-state index contributed by atoms with van der Waals surface area (Å²) in [5.74, 6) is -54.0. The molecule has 0 radical (unpaired) electrons. The first-order valence-corrected chi connectivity index (χ1v) is 12.3. The molecule has 0 atom stereocenters. The Kier molecular flexibility index (Phi) is 7.29. The quantitative estimate of drug-likeness (QED) is 0.125. The molecule has 1 aliphatic rings. The molecule has 0 saturated carbocycles. The van der Waals surface area contributed by atoms with Crippen LogP contribution in [0.15, 0.2) is 0 Å². The molecule has 244 valence electrons. The van der Waals surface area contributed by atoms with Crippen molar-refractivity contribution in [2.24, 2.45) is 0 Å². The first-order valence-electron chi connectivity index (χ1n) is 12.3. The summed E-state index contributed by atoms with van der Waals surface area (Å²) < 4.78 is 269. The molecule has 1 heterocycles. The molecule has 4 aromatic rings. The second kappa shape index (κ2) is 10.1. The number of rotatable bonds is 2. The Morgan fingerprint density at radius 2 is 0.304 bits per heavy atom. The lowest BCUT2D eigenvalue weighted by molar-refractivity contribution is 0.383. The molecule has 0 unspecified atom stereocenters. The van der Waals surface area contributed by atoms with Gasteiger partial charge in [-0.3, -0.25) is 0 Å². The van der Waals surface area contributed by atoms with Gasteiger partial charge < -0.3 is 0 Å². The Hall–Kier alpha value is -4.25. The molecule has 0 N–H and O–H groups in total. The summed E-state index contributed by atoms with van der Waals surface area (Å²) in [5.41, 5.74) is -14.4. The number of hydrogen-bond acceptors (Lipinski definition) is 0. The lowest BCUT2D eigenvalue weighted by Gasteiger charge is -2.57. The van der Waals surface area contributed by atoms with Gasteiger partial charge >= 0.3 is 0 Å². The standard InChI is InChI=1S/C26H6B2F18/c1-27(7-13(33)21(41)25(45)22(42)14(7)34)3-5(11(31)19(39)17(37)9(3)29)28(2,6-4(27)10(30)18(38)20(40)12(6)32)8-15(35)23(43)26(46)24(44)16(8)36/h1-2H3/q-2. The van der Waals surface area contributed by atoms with Crippen LogP contribution in [0.1, 0.15) is 0 Å². The fraction of sp³-hybridized carbons (Fsp3) is 0.0769. The third-order valence-electron chi connectivity index (χ3n) is 8.63. The zero-order valence-corrected chi connectivity index (χ0v) is 22.0. The van der Waals surface area contributed by atoms with E-state index >= 15 is 35.1 Å². The third kappa shape index (κ3) is 3.66. The van der Waals surface area contributed by atoms with Crippen LogP contribution in [0.2, 0.25) is 13.6 Å². The first kappa shape index (κ1) is 33.1. The number of benzene rings is 4. The summed E-state index contributed by atoms with van der Waals surface area (Å²) in [4.78, 5) is 0. The molecular weight excluding hydrogens is 676 g/mol. The van der Waals surface area contributed by atoms with Gasteiger partial charge in [0.25, 0.3) is 0 Å². The average Bonchev–Trinajstić information content (AvgIpc) is 3.01. The Labute approximate surface area is 243 Å². The van der Waals surface area contributed by atoms with E-state index in [0.717, 1.165) is 0 Å². The van der Waals surface area contributed by atoms with Gasteiger partial charge in [0.15, 0.2) is 58.2 Å². The van der Waals surface area contributed by atoms with Gasteiger partial charge in [0.1, 0.15) is 46.5 Å². The highest BCUT2D eigenvalue weighted by Gasteiger charge is 2.52. The molecule has 0 spiro atoms. The highest BCUT2D eigenvalue weighted by Crippen LogP contribution is 2.31. The Bertz CT molecular complexity index is 1800. The summed E-state index contributed by atoms with van der Waals surface area (Å²) in [6, 6.07) is 0. The molecule has 0 aliphatic carbocycles. The van der Waals surface area contributed by atoms with Gasteiger partial charge in [0, 0.05) is 0 Å². The van der Waals surface area contributed by atoms with E-state index in [1.807, 2.05) is 0 Å². The molecule has 20 heteroatoms. The minimum atomic E-state index is -5.27. The predicted molar refractivity (Wildman–Crippen MR) is 126 cm³/mol. The van der Waals surface area contributed by atoms with Gasteiger partial charge in [-0.25, -0.2) is 79.0 Å². The Balaban J connectivity index is 2.26. The summed E-state index contributed by atoms with van der Waals surface area (Å²) in [6.45, 7) is -0.103. The van der Waals surface area contributed by atoms with E-state index in [1.54, 1.807) is 0 Å². The topological polar surface area (TPSA) is 0 Å². The van der Waals surface area contributed by atoms with Crippen molar-refractivity contribution in [3.8, 4) is 0 Å². The maximum Gasteiger partial charge on any atom is 0.200 e. The van der Waals surface area contributed by atoms with Gasteiger partial charge in [-0.1, -0.05) is 0 Å². The van der Waals surface area contributed by atoms with Gasteiger partial charge in [-0.15, -0.1) is 10.9 Å². The van der Waals surface area contributed by atoms with E-state index in [-0.39, 0.29) is 13.6 Å². The van der Waals surface area contributed by atoms with E-state index in [4.69, 9.17) is 0 Å². The van der Waals surface area contributed by atoms with Gasteiger partial charge in [0.05, 0.1) is 12.3 Å². The number of fused-ring (bicyclic) bond motifs is 2. The fourth-order valence-corrected chi connectivity index (χ4v) is 6.71. The molecule has 46 heavy (non-hydrogen) atoms. The zero-order valence-electron chi connectivity index (χ0n) is 22.0. The first-order chi connectivity index (χ1) is 21.1. The molecule has 1 aliphatic heterocycles. The second-order valence-electron chi connectivity index (χ2n) is 10.7.